The molecule has 5 nitrogen and oxygen atoms in total. The molecular formula is C14H17NO4. The molecule has 2 N–H and O–H groups in total. The van der Waals surface area contributed by atoms with Gasteiger partial charge in [-0.3, -0.25) is 4.79 Å². The van der Waals surface area contributed by atoms with E-state index in [2.05, 4.69) is 6.58 Å². The van der Waals surface area contributed by atoms with E-state index in [4.69, 9.17) is 15.2 Å². The highest BCUT2D eigenvalue weighted by Crippen LogP contribution is 2.15. The van der Waals surface area contributed by atoms with Gasteiger partial charge in [-0.2, -0.15) is 0 Å². The minimum absolute atomic E-state index is 0.164. The van der Waals surface area contributed by atoms with Crippen LogP contribution in [0.15, 0.2) is 36.4 Å². The Bertz CT molecular complexity index is 482. The summed E-state index contributed by atoms with van der Waals surface area (Å²) in [5.41, 5.74) is 6.42. The lowest BCUT2D eigenvalue weighted by Crippen LogP contribution is -2.11. The van der Waals surface area contributed by atoms with Crippen LogP contribution in [0, 0.1) is 0 Å². The molecule has 0 spiro atoms. The summed E-state index contributed by atoms with van der Waals surface area (Å²) >= 11 is 0. The van der Waals surface area contributed by atoms with Gasteiger partial charge in [-0.15, -0.1) is 0 Å². The first-order valence-corrected chi connectivity index (χ1v) is 5.88. The van der Waals surface area contributed by atoms with E-state index in [-0.39, 0.29) is 13.0 Å². The van der Waals surface area contributed by atoms with Crippen LogP contribution in [0.1, 0.15) is 19.8 Å². The first-order chi connectivity index (χ1) is 8.99. The summed E-state index contributed by atoms with van der Waals surface area (Å²) in [7, 11) is 0. The van der Waals surface area contributed by atoms with Crippen LogP contribution < -0.4 is 10.5 Å². The first-order valence-electron chi connectivity index (χ1n) is 5.88. The van der Waals surface area contributed by atoms with Gasteiger partial charge in [0, 0.05) is 23.7 Å². The van der Waals surface area contributed by atoms with Crippen molar-refractivity contribution in [3.8, 4) is 5.75 Å². The lowest BCUT2D eigenvalue weighted by molar-refractivity contribution is -0.141. The molecule has 0 unspecified atom stereocenters. The fourth-order valence-electron chi connectivity index (χ4n) is 1.27. The first kappa shape index (κ1) is 14.8. The minimum atomic E-state index is -0.454. The lowest BCUT2D eigenvalue weighted by atomic mass is 10.3. The molecule has 1 aromatic carbocycles. The summed E-state index contributed by atoms with van der Waals surface area (Å²) in [5, 5.41) is 0. The van der Waals surface area contributed by atoms with E-state index in [1.165, 1.54) is 0 Å². The van der Waals surface area contributed by atoms with Crippen LogP contribution in [0.3, 0.4) is 0 Å². The van der Waals surface area contributed by atoms with E-state index >= 15 is 0 Å². The van der Waals surface area contributed by atoms with E-state index in [1.54, 1.807) is 31.2 Å². The Hall–Kier alpha value is -2.30. The Balaban J connectivity index is 2.25. The van der Waals surface area contributed by atoms with Gasteiger partial charge in [0.1, 0.15) is 5.75 Å². The molecule has 0 aromatic heterocycles. The van der Waals surface area contributed by atoms with Crippen molar-refractivity contribution < 1.29 is 19.1 Å². The molecule has 0 radical (unpaired) electrons. The van der Waals surface area contributed by atoms with Crippen molar-refractivity contribution >= 4 is 17.6 Å². The number of anilines is 1. The number of hydrogen-bond donors (Lipinski definition) is 1. The summed E-state index contributed by atoms with van der Waals surface area (Å²) < 4.78 is 9.93. The zero-order chi connectivity index (χ0) is 14.3. The number of carbonyl (C=O) groups excluding carboxylic acids is 2. The van der Waals surface area contributed by atoms with Gasteiger partial charge >= 0.3 is 11.9 Å². The number of benzene rings is 1. The molecule has 19 heavy (non-hydrogen) atoms. The zero-order valence-corrected chi connectivity index (χ0v) is 10.8. The standard InChI is InChI=1S/C14H17NO4/c1-10(2)14(17)18-8-4-7-13(16)19-12-6-3-5-11(15)9-12/h3,5-6,9H,1,4,7-8,15H2,2H3. The van der Waals surface area contributed by atoms with E-state index in [0.29, 0.717) is 23.4 Å². The topological polar surface area (TPSA) is 78.6 Å². The van der Waals surface area contributed by atoms with Crippen LogP contribution in [0.2, 0.25) is 0 Å². The zero-order valence-electron chi connectivity index (χ0n) is 10.8. The van der Waals surface area contributed by atoms with Crippen molar-refractivity contribution in [2.24, 2.45) is 0 Å². The van der Waals surface area contributed by atoms with Crippen LogP contribution in [-0.2, 0) is 14.3 Å². The molecule has 1 aromatic rings. The van der Waals surface area contributed by atoms with Crippen molar-refractivity contribution in [1.29, 1.82) is 0 Å². The molecule has 0 aliphatic rings. The number of carbonyl (C=O) groups is 2. The SMILES string of the molecule is C=C(C)C(=O)OCCCC(=O)Oc1cccc(N)c1. The average molecular weight is 263 g/mol. The largest absolute Gasteiger partial charge is 0.462 e. The van der Waals surface area contributed by atoms with Crippen molar-refractivity contribution in [2.45, 2.75) is 19.8 Å². The van der Waals surface area contributed by atoms with Crippen LogP contribution in [0.25, 0.3) is 0 Å². The van der Waals surface area contributed by atoms with Crippen LogP contribution in [0.4, 0.5) is 5.69 Å². The third kappa shape index (κ3) is 5.72. The number of nitrogens with two attached hydrogens (primary N) is 1. The number of nitrogen functional groups attached to an aromatic ring is 1. The van der Waals surface area contributed by atoms with Gasteiger partial charge in [0.2, 0.25) is 0 Å². The summed E-state index contributed by atoms with van der Waals surface area (Å²) in [6.45, 7) is 5.19. The maximum atomic E-state index is 11.5. The Morgan fingerprint density at radius 1 is 1.37 bits per heavy atom. The molecule has 102 valence electrons. The highest BCUT2D eigenvalue weighted by Gasteiger charge is 2.07. The highest BCUT2D eigenvalue weighted by atomic mass is 16.5. The summed E-state index contributed by atoms with van der Waals surface area (Å²) in [6, 6.07) is 6.62. The van der Waals surface area contributed by atoms with Gasteiger partial charge in [-0.1, -0.05) is 12.6 Å². The van der Waals surface area contributed by atoms with Crippen LogP contribution >= 0.6 is 0 Å². The van der Waals surface area contributed by atoms with Gasteiger partial charge < -0.3 is 15.2 Å². The average Bonchev–Trinajstić information content (AvgIpc) is 2.34. The molecule has 1 rings (SSSR count). The molecule has 0 bridgehead atoms. The predicted octanol–water partition coefficient (Wildman–Crippen LogP) is 2.07. The third-order valence-electron chi connectivity index (χ3n) is 2.20. The Morgan fingerprint density at radius 2 is 2.11 bits per heavy atom. The number of rotatable bonds is 6. The Morgan fingerprint density at radius 3 is 2.74 bits per heavy atom. The van der Waals surface area contributed by atoms with Crippen molar-refractivity contribution in [2.75, 3.05) is 12.3 Å². The summed E-state index contributed by atoms with van der Waals surface area (Å²) in [6.07, 6.45) is 0.568. The quantitative estimate of drug-likeness (QED) is 0.279. The highest BCUT2D eigenvalue weighted by molar-refractivity contribution is 5.86. The lowest BCUT2D eigenvalue weighted by Gasteiger charge is -2.06. The second-order valence-corrected chi connectivity index (χ2v) is 4.07. The summed E-state index contributed by atoms with van der Waals surface area (Å²) in [5.74, 6) is -0.440. The van der Waals surface area contributed by atoms with Crippen molar-refractivity contribution in [1.82, 2.24) is 0 Å². The maximum Gasteiger partial charge on any atom is 0.333 e. The number of ether oxygens (including phenoxy) is 2. The Kier molecular flexibility index (Phi) is 5.60. The molecule has 0 saturated heterocycles. The molecular weight excluding hydrogens is 246 g/mol. The predicted molar refractivity (Wildman–Crippen MR) is 71.5 cm³/mol. The van der Waals surface area contributed by atoms with Gasteiger partial charge in [-0.25, -0.2) is 4.79 Å². The molecule has 0 atom stereocenters. The number of hydrogen-bond acceptors (Lipinski definition) is 5. The van der Waals surface area contributed by atoms with Gasteiger partial charge in [0.25, 0.3) is 0 Å². The maximum absolute atomic E-state index is 11.5. The van der Waals surface area contributed by atoms with Crippen LogP contribution in [-0.4, -0.2) is 18.5 Å². The smallest absolute Gasteiger partial charge is 0.333 e. The van der Waals surface area contributed by atoms with Gasteiger partial charge in [0.05, 0.1) is 6.61 Å². The molecule has 0 saturated carbocycles. The molecule has 5 heteroatoms. The fourth-order valence-corrected chi connectivity index (χ4v) is 1.27. The van der Waals surface area contributed by atoms with E-state index in [9.17, 15) is 9.59 Å². The summed E-state index contributed by atoms with van der Waals surface area (Å²) in [4.78, 5) is 22.5. The molecule has 0 heterocycles. The fraction of sp³-hybridized carbons (Fsp3) is 0.286. The molecule has 0 aliphatic carbocycles. The van der Waals surface area contributed by atoms with Crippen molar-refractivity contribution in [3.05, 3.63) is 36.4 Å². The monoisotopic (exact) mass is 263 g/mol. The van der Waals surface area contributed by atoms with Gasteiger partial charge in [0.15, 0.2) is 0 Å². The molecule has 0 amide bonds. The third-order valence-corrected chi connectivity index (χ3v) is 2.20. The molecule has 0 fully saturated rings. The normalized spacial score (nSPS) is 9.74. The second kappa shape index (κ2) is 7.20. The van der Waals surface area contributed by atoms with E-state index < -0.39 is 11.9 Å². The van der Waals surface area contributed by atoms with Crippen LogP contribution in [0.5, 0.6) is 5.75 Å². The van der Waals surface area contributed by atoms with E-state index in [1.807, 2.05) is 0 Å². The minimum Gasteiger partial charge on any atom is -0.462 e. The molecule has 0 aliphatic heterocycles. The van der Waals surface area contributed by atoms with Crippen molar-refractivity contribution in [3.63, 3.8) is 0 Å². The number of esters is 2. The Labute approximate surface area is 112 Å². The van der Waals surface area contributed by atoms with Gasteiger partial charge in [-0.05, 0) is 25.5 Å². The van der Waals surface area contributed by atoms with E-state index in [0.717, 1.165) is 0 Å². The second-order valence-electron chi connectivity index (χ2n) is 4.07.